The normalized spacial score (nSPS) is 18.5. The lowest BCUT2D eigenvalue weighted by Gasteiger charge is -2.25. The fourth-order valence-corrected chi connectivity index (χ4v) is 4.24. The fourth-order valence-electron chi connectivity index (χ4n) is 3.70. The maximum absolute atomic E-state index is 11.4. The molecular weight excluding hydrogens is 422 g/mol. The summed E-state index contributed by atoms with van der Waals surface area (Å²) in [6.45, 7) is 2.86. The van der Waals surface area contributed by atoms with Gasteiger partial charge in [-0.05, 0) is 61.1 Å². The predicted octanol–water partition coefficient (Wildman–Crippen LogP) is 5.08. The first-order valence-electron chi connectivity index (χ1n) is 9.60. The number of nitrogens with one attached hydrogen (secondary N) is 1. The first-order chi connectivity index (χ1) is 14.5. The highest BCUT2D eigenvalue weighted by Crippen LogP contribution is 2.41. The summed E-state index contributed by atoms with van der Waals surface area (Å²) in [6.07, 6.45) is 2.68. The summed E-state index contributed by atoms with van der Waals surface area (Å²) in [7, 11) is 0. The molecule has 0 radical (unpaired) electrons. The molecule has 4 rings (SSSR count). The van der Waals surface area contributed by atoms with Gasteiger partial charge in [-0.2, -0.15) is 0 Å². The molecule has 2 N–H and O–H groups in total. The average molecular weight is 442 g/mol. The standard InChI is InChI=1S/C22H20ClN3O3S/c1-2-11-26-20(19(25-22(26)30)16-5-3-4-10-24-16)18-9-8-17(29-18)14-12-13(21(27)28)6-7-15(14)23/h3-10,12,19-20H,2,11H2,1H3,(H,25,30)(H,27,28)/t19-,20+/m0/s1. The molecule has 3 heterocycles. The van der Waals surface area contributed by atoms with Crippen LogP contribution < -0.4 is 5.32 Å². The van der Waals surface area contributed by atoms with Crippen molar-refractivity contribution < 1.29 is 14.3 Å². The minimum absolute atomic E-state index is 0.148. The lowest BCUT2D eigenvalue weighted by molar-refractivity contribution is 0.0697. The number of furan rings is 1. The zero-order valence-electron chi connectivity index (χ0n) is 16.2. The van der Waals surface area contributed by atoms with Gasteiger partial charge in [-0.15, -0.1) is 0 Å². The average Bonchev–Trinajstić information content (AvgIpc) is 3.34. The lowest BCUT2D eigenvalue weighted by atomic mass is 10.0. The SMILES string of the molecule is CCCN1C(=S)N[C@@H](c2ccccn2)[C@H]1c1ccc(-c2cc(C(=O)O)ccc2Cl)o1. The highest BCUT2D eigenvalue weighted by atomic mass is 35.5. The molecule has 8 heteroatoms. The summed E-state index contributed by atoms with van der Waals surface area (Å²) in [4.78, 5) is 18.0. The van der Waals surface area contributed by atoms with E-state index in [4.69, 9.17) is 28.2 Å². The van der Waals surface area contributed by atoms with Crippen molar-refractivity contribution in [3.63, 3.8) is 0 Å². The van der Waals surface area contributed by atoms with Crippen molar-refractivity contribution in [2.24, 2.45) is 0 Å². The molecule has 1 fully saturated rings. The molecule has 6 nitrogen and oxygen atoms in total. The number of halogens is 1. The topological polar surface area (TPSA) is 78.6 Å². The number of carboxylic acid groups (broad SMARTS) is 1. The monoisotopic (exact) mass is 441 g/mol. The number of aromatic carboxylic acids is 1. The van der Waals surface area contributed by atoms with Crippen LogP contribution in [0.3, 0.4) is 0 Å². The number of carbonyl (C=O) groups is 1. The highest BCUT2D eigenvalue weighted by molar-refractivity contribution is 7.80. The third kappa shape index (κ3) is 3.78. The van der Waals surface area contributed by atoms with Crippen LogP contribution in [0.1, 0.15) is 47.2 Å². The van der Waals surface area contributed by atoms with Crippen LogP contribution in [-0.2, 0) is 0 Å². The number of carboxylic acids is 1. The van der Waals surface area contributed by atoms with E-state index in [9.17, 15) is 9.90 Å². The molecule has 2 aromatic heterocycles. The zero-order chi connectivity index (χ0) is 21.3. The van der Waals surface area contributed by atoms with Crippen LogP contribution in [0.2, 0.25) is 5.02 Å². The van der Waals surface area contributed by atoms with Crippen LogP contribution >= 0.6 is 23.8 Å². The Balaban J connectivity index is 1.75. The maximum atomic E-state index is 11.4. The highest BCUT2D eigenvalue weighted by Gasteiger charge is 2.41. The van der Waals surface area contributed by atoms with Crippen molar-refractivity contribution in [3.05, 3.63) is 76.8 Å². The van der Waals surface area contributed by atoms with Gasteiger partial charge in [0, 0.05) is 18.3 Å². The Hall–Kier alpha value is -2.90. The van der Waals surface area contributed by atoms with Crippen LogP contribution in [0, 0.1) is 0 Å². The largest absolute Gasteiger partial charge is 0.478 e. The van der Waals surface area contributed by atoms with Gasteiger partial charge >= 0.3 is 5.97 Å². The van der Waals surface area contributed by atoms with Gasteiger partial charge in [0.05, 0.1) is 22.3 Å². The summed E-state index contributed by atoms with van der Waals surface area (Å²) >= 11 is 11.9. The van der Waals surface area contributed by atoms with E-state index < -0.39 is 5.97 Å². The van der Waals surface area contributed by atoms with Crippen LogP contribution in [0.15, 0.2) is 59.1 Å². The van der Waals surface area contributed by atoms with E-state index in [1.165, 1.54) is 12.1 Å². The van der Waals surface area contributed by atoms with Gasteiger partial charge in [-0.25, -0.2) is 4.79 Å². The van der Waals surface area contributed by atoms with Crippen molar-refractivity contribution in [1.29, 1.82) is 0 Å². The van der Waals surface area contributed by atoms with Gasteiger partial charge in [0.2, 0.25) is 0 Å². The summed E-state index contributed by atoms with van der Waals surface area (Å²) < 4.78 is 6.20. The number of benzene rings is 1. The van der Waals surface area contributed by atoms with Crippen LogP contribution in [0.4, 0.5) is 0 Å². The van der Waals surface area contributed by atoms with Crippen LogP contribution in [0.25, 0.3) is 11.3 Å². The molecule has 0 amide bonds. The molecule has 1 aliphatic rings. The molecule has 0 aliphatic carbocycles. The van der Waals surface area contributed by atoms with E-state index in [1.54, 1.807) is 12.3 Å². The molecule has 1 saturated heterocycles. The smallest absolute Gasteiger partial charge is 0.335 e. The summed E-state index contributed by atoms with van der Waals surface area (Å²) in [5.74, 6) is 0.194. The van der Waals surface area contributed by atoms with E-state index in [2.05, 4.69) is 22.1 Å². The molecule has 2 atom stereocenters. The van der Waals surface area contributed by atoms with Crippen molar-refractivity contribution >= 4 is 34.9 Å². The second kappa shape index (κ2) is 8.45. The third-order valence-corrected chi connectivity index (χ3v) is 5.74. The summed E-state index contributed by atoms with van der Waals surface area (Å²) in [5, 5.41) is 13.7. The minimum atomic E-state index is -1.02. The van der Waals surface area contributed by atoms with Gasteiger partial charge in [0.15, 0.2) is 5.11 Å². The molecule has 154 valence electrons. The van der Waals surface area contributed by atoms with Crippen molar-refractivity contribution in [2.45, 2.75) is 25.4 Å². The number of hydrogen-bond acceptors (Lipinski definition) is 4. The van der Waals surface area contributed by atoms with E-state index in [-0.39, 0.29) is 17.6 Å². The van der Waals surface area contributed by atoms with Gasteiger partial charge in [-0.3, -0.25) is 4.98 Å². The molecule has 0 saturated carbocycles. The Morgan fingerprint density at radius 2 is 2.13 bits per heavy atom. The van der Waals surface area contributed by atoms with E-state index in [0.29, 0.717) is 27.2 Å². The molecule has 0 unspecified atom stereocenters. The first kappa shape index (κ1) is 20.4. The Kier molecular flexibility index (Phi) is 5.74. The number of rotatable bonds is 6. The van der Waals surface area contributed by atoms with Crippen LogP contribution in [0.5, 0.6) is 0 Å². The Bertz CT molecular complexity index is 1090. The van der Waals surface area contributed by atoms with Crippen molar-refractivity contribution in [1.82, 2.24) is 15.2 Å². The number of thiocarbonyl (C=S) groups is 1. The molecule has 30 heavy (non-hydrogen) atoms. The fraction of sp³-hybridized carbons (Fsp3) is 0.227. The Morgan fingerprint density at radius 1 is 1.30 bits per heavy atom. The van der Waals surface area contributed by atoms with Crippen LogP contribution in [-0.4, -0.2) is 32.6 Å². The molecule has 0 spiro atoms. The van der Waals surface area contributed by atoms with Gasteiger partial charge < -0.3 is 19.7 Å². The molecule has 3 aromatic rings. The minimum Gasteiger partial charge on any atom is -0.478 e. The second-order valence-corrected chi connectivity index (χ2v) is 7.82. The van der Waals surface area contributed by atoms with E-state index >= 15 is 0 Å². The molecule has 1 aromatic carbocycles. The first-order valence-corrected chi connectivity index (χ1v) is 10.4. The number of hydrogen-bond donors (Lipinski definition) is 2. The zero-order valence-corrected chi connectivity index (χ0v) is 17.8. The summed E-state index contributed by atoms with van der Waals surface area (Å²) in [6, 6.07) is 13.7. The van der Waals surface area contributed by atoms with E-state index in [0.717, 1.165) is 18.7 Å². The quantitative estimate of drug-likeness (QED) is 0.516. The van der Waals surface area contributed by atoms with Gasteiger partial charge in [-0.1, -0.05) is 24.6 Å². The number of pyridine rings is 1. The van der Waals surface area contributed by atoms with Crippen molar-refractivity contribution in [3.8, 4) is 11.3 Å². The Morgan fingerprint density at radius 3 is 2.83 bits per heavy atom. The molecule has 0 bridgehead atoms. The predicted molar refractivity (Wildman–Crippen MR) is 119 cm³/mol. The third-order valence-electron chi connectivity index (χ3n) is 5.06. The second-order valence-electron chi connectivity index (χ2n) is 7.02. The maximum Gasteiger partial charge on any atom is 0.335 e. The number of nitrogens with zero attached hydrogens (tertiary/aromatic N) is 2. The Labute approximate surface area is 184 Å². The molecule has 1 aliphatic heterocycles. The summed E-state index contributed by atoms with van der Waals surface area (Å²) in [5.41, 5.74) is 1.55. The van der Waals surface area contributed by atoms with Crippen molar-refractivity contribution in [2.75, 3.05) is 6.54 Å². The van der Waals surface area contributed by atoms with E-state index in [1.807, 2.05) is 30.3 Å². The lowest BCUT2D eigenvalue weighted by Crippen LogP contribution is -2.30. The molecular formula is C22H20ClN3O3S. The van der Waals surface area contributed by atoms with Gasteiger partial charge in [0.1, 0.15) is 17.6 Å². The number of aromatic nitrogens is 1. The van der Waals surface area contributed by atoms with Gasteiger partial charge in [0.25, 0.3) is 0 Å².